The summed E-state index contributed by atoms with van der Waals surface area (Å²) in [4.78, 5) is 26.6. The largest absolute Gasteiger partial charge is 0.322 e. The molecule has 0 aliphatic heterocycles. The van der Waals surface area contributed by atoms with E-state index in [1.807, 2.05) is 72.8 Å². The molecule has 4 aromatic rings. The van der Waals surface area contributed by atoms with Crippen LogP contribution in [0.5, 0.6) is 0 Å². The molecule has 0 fully saturated rings. The molecule has 0 spiro atoms. The van der Waals surface area contributed by atoms with Crippen LogP contribution in [0.25, 0.3) is 0 Å². The minimum absolute atomic E-state index is 0.0260. The van der Waals surface area contributed by atoms with Crippen molar-refractivity contribution < 1.29 is 9.59 Å². The van der Waals surface area contributed by atoms with E-state index in [4.69, 9.17) is 11.6 Å². The van der Waals surface area contributed by atoms with Crippen LogP contribution in [0.15, 0.2) is 102 Å². The molecule has 6 heteroatoms. The molecule has 0 aliphatic rings. The second-order valence-corrected chi connectivity index (χ2v) is 11.2. The maximum absolute atomic E-state index is 12.8. The van der Waals surface area contributed by atoms with Gasteiger partial charge in [-0.2, -0.15) is 0 Å². The highest BCUT2D eigenvalue weighted by Crippen LogP contribution is 2.25. The van der Waals surface area contributed by atoms with Gasteiger partial charge in [-0.15, -0.1) is 11.8 Å². The second kappa shape index (κ2) is 11.7. The third-order valence-corrected chi connectivity index (χ3v) is 7.16. The van der Waals surface area contributed by atoms with Gasteiger partial charge in [-0.25, -0.2) is 0 Å². The summed E-state index contributed by atoms with van der Waals surface area (Å²) in [6, 6.07) is 30.1. The van der Waals surface area contributed by atoms with Gasteiger partial charge in [0.25, 0.3) is 11.8 Å². The lowest BCUT2D eigenvalue weighted by atomic mass is 9.87. The van der Waals surface area contributed by atoms with Crippen molar-refractivity contribution in [1.29, 1.82) is 0 Å². The molecule has 0 atom stereocenters. The van der Waals surface area contributed by atoms with E-state index in [1.54, 1.807) is 36.0 Å². The lowest BCUT2D eigenvalue weighted by Crippen LogP contribution is -2.15. The molecule has 0 saturated carbocycles. The Morgan fingerprint density at radius 2 is 1.24 bits per heavy atom. The summed E-state index contributed by atoms with van der Waals surface area (Å²) >= 11 is 7.65. The molecular formula is C31H29ClN2O2S. The van der Waals surface area contributed by atoms with Crippen molar-refractivity contribution in [3.8, 4) is 0 Å². The van der Waals surface area contributed by atoms with Crippen molar-refractivity contribution in [2.45, 2.75) is 36.8 Å². The van der Waals surface area contributed by atoms with Gasteiger partial charge in [0, 0.05) is 38.2 Å². The number of amides is 2. The minimum atomic E-state index is -0.210. The number of rotatable bonds is 7. The zero-order valence-corrected chi connectivity index (χ0v) is 22.6. The Morgan fingerprint density at radius 1 is 0.730 bits per heavy atom. The third-order valence-electron chi connectivity index (χ3n) is 5.83. The van der Waals surface area contributed by atoms with Gasteiger partial charge in [0.05, 0.1) is 0 Å². The number of hydrogen-bond acceptors (Lipinski definition) is 3. The van der Waals surface area contributed by atoms with Gasteiger partial charge in [-0.3, -0.25) is 9.59 Å². The maximum atomic E-state index is 12.8. The highest BCUT2D eigenvalue weighted by molar-refractivity contribution is 7.98. The lowest BCUT2D eigenvalue weighted by Gasteiger charge is -2.19. The molecule has 188 valence electrons. The van der Waals surface area contributed by atoms with Crippen LogP contribution < -0.4 is 10.6 Å². The fraction of sp³-hybridized carbons (Fsp3) is 0.161. The van der Waals surface area contributed by atoms with Gasteiger partial charge < -0.3 is 10.6 Å². The van der Waals surface area contributed by atoms with Gasteiger partial charge in [0.2, 0.25) is 0 Å². The molecule has 0 heterocycles. The fourth-order valence-corrected chi connectivity index (χ4v) is 4.63. The van der Waals surface area contributed by atoms with Crippen LogP contribution in [0.4, 0.5) is 11.4 Å². The van der Waals surface area contributed by atoms with Crippen molar-refractivity contribution in [3.05, 3.63) is 124 Å². The van der Waals surface area contributed by atoms with Crippen LogP contribution in [-0.4, -0.2) is 11.8 Å². The summed E-state index contributed by atoms with van der Waals surface area (Å²) in [5.74, 6) is 0.388. The summed E-state index contributed by atoms with van der Waals surface area (Å²) in [5, 5.41) is 6.54. The summed E-state index contributed by atoms with van der Waals surface area (Å²) < 4.78 is 0. The van der Waals surface area contributed by atoms with Crippen molar-refractivity contribution in [2.75, 3.05) is 10.6 Å². The molecule has 4 nitrogen and oxygen atoms in total. The van der Waals surface area contributed by atoms with Crippen LogP contribution in [0.3, 0.4) is 0 Å². The van der Waals surface area contributed by atoms with Crippen LogP contribution in [0.1, 0.15) is 52.6 Å². The Balaban J connectivity index is 1.34. The molecule has 0 saturated heterocycles. The smallest absolute Gasteiger partial charge is 0.255 e. The third kappa shape index (κ3) is 7.48. The number of anilines is 2. The minimum Gasteiger partial charge on any atom is -0.322 e. The number of hydrogen-bond donors (Lipinski definition) is 2. The molecule has 4 aromatic carbocycles. The molecule has 37 heavy (non-hydrogen) atoms. The highest BCUT2D eigenvalue weighted by atomic mass is 35.5. The molecule has 0 aromatic heterocycles. The van der Waals surface area contributed by atoms with Crippen LogP contribution in [-0.2, 0) is 11.2 Å². The van der Waals surface area contributed by atoms with Crippen LogP contribution in [0.2, 0.25) is 5.02 Å². The van der Waals surface area contributed by atoms with Crippen molar-refractivity contribution in [2.24, 2.45) is 0 Å². The first-order chi connectivity index (χ1) is 17.7. The number of carbonyl (C=O) groups excluding carboxylic acids is 2. The first kappa shape index (κ1) is 26.5. The molecule has 4 rings (SSSR count). The monoisotopic (exact) mass is 528 g/mol. The topological polar surface area (TPSA) is 58.2 Å². The van der Waals surface area contributed by atoms with E-state index in [-0.39, 0.29) is 17.2 Å². The zero-order chi connectivity index (χ0) is 26.4. The maximum Gasteiger partial charge on any atom is 0.255 e. The first-order valence-electron chi connectivity index (χ1n) is 12.0. The van der Waals surface area contributed by atoms with E-state index in [0.29, 0.717) is 22.5 Å². The summed E-state index contributed by atoms with van der Waals surface area (Å²) in [7, 11) is 0. The molecule has 2 amide bonds. The van der Waals surface area contributed by atoms with Crippen LogP contribution in [0, 0.1) is 0 Å². The molecule has 0 unspecified atom stereocenters. The van der Waals surface area contributed by atoms with E-state index < -0.39 is 0 Å². The van der Waals surface area contributed by atoms with Gasteiger partial charge in [-0.05, 0) is 83.3 Å². The molecule has 2 N–H and O–H groups in total. The van der Waals surface area contributed by atoms with Gasteiger partial charge in [-0.1, -0.05) is 62.7 Å². The van der Waals surface area contributed by atoms with E-state index in [2.05, 4.69) is 31.4 Å². The lowest BCUT2D eigenvalue weighted by molar-refractivity contribution is 0.101. The van der Waals surface area contributed by atoms with Crippen LogP contribution >= 0.6 is 23.4 Å². The predicted molar refractivity (Wildman–Crippen MR) is 155 cm³/mol. The van der Waals surface area contributed by atoms with Gasteiger partial charge in [0.15, 0.2) is 0 Å². The van der Waals surface area contributed by atoms with Crippen molar-refractivity contribution in [3.63, 3.8) is 0 Å². The Kier molecular flexibility index (Phi) is 8.37. The molecule has 0 radical (unpaired) electrons. The molecule has 0 bridgehead atoms. The van der Waals surface area contributed by atoms with Crippen molar-refractivity contribution >= 4 is 46.6 Å². The van der Waals surface area contributed by atoms with E-state index in [0.717, 1.165) is 21.2 Å². The first-order valence-corrected chi connectivity index (χ1v) is 13.3. The summed E-state index contributed by atoms with van der Waals surface area (Å²) in [6.07, 6.45) is 0. The summed E-state index contributed by atoms with van der Waals surface area (Å²) in [5.41, 5.74) is 4.67. The predicted octanol–water partition coefficient (Wildman–Crippen LogP) is 8.43. The van der Waals surface area contributed by atoms with Crippen molar-refractivity contribution in [1.82, 2.24) is 0 Å². The Hall–Kier alpha value is -3.54. The van der Waals surface area contributed by atoms with E-state index >= 15 is 0 Å². The number of thioether (sulfide) groups is 1. The molecular weight excluding hydrogens is 500 g/mol. The SMILES string of the molecule is CC(C)(C)c1ccc(C(=O)Nc2cccc(NC(=O)c3ccc(CSc4ccc(Cl)cc4)cc3)c2)cc1. The standard InChI is InChI=1S/C31H29ClN2O2S/c1-31(2,3)24-13-11-23(12-14-24)30(36)34-27-6-4-5-26(19-27)33-29(35)22-9-7-21(8-10-22)20-37-28-17-15-25(32)16-18-28/h4-19H,20H2,1-3H3,(H,33,35)(H,34,36). The average molecular weight is 529 g/mol. The van der Waals surface area contributed by atoms with Gasteiger partial charge in [0.1, 0.15) is 0 Å². The number of benzene rings is 4. The highest BCUT2D eigenvalue weighted by Gasteiger charge is 2.15. The van der Waals surface area contributed by atoms with E-state index in [9.17, 15) is 9.59 Å². The zero-order valence-electron chi connectivity index (χ0n) is 21.0. The van der Waals surface area contributed by atoms with Gasteiger partial charge >= 0.3 is 0 Å². The normalized spacial score (nSPS) is 11.1. The second-order valence-electron chi connectivity index (χ2n) is 9.76. The summed E-state index contributed by atoms with van der Waals surface area (Å²) in [6.45, 7) is 6.41. The Morgan fingerprint density at radius 3 is 1.76 bits per heavy atom. The number of nitrogens with one attached hydrogen (secondary N) is 2. The Bertz CT molecular complexity index is 1380. The number of carbonyl (C=O) groups is 2. The quantitative estimate of drug-likeness (QED) is 0.237. The Labute approximate surface area is 227 Å². The average Bonchev–Trinajstić information content (AvgIpc) is 2.88. The fourth-order valence-electron chi connectivity index (χ4n) is 3.65. The van der Waals surface area contributed by atoms with E-state index in [1.165, 1.54) is 5.56 Å². The molecule has 0 aliphatic carbocycles. The number of halogens is 1.